The van der Waals surface area contributed by atoms with Gasteiger partial charge in [0.05, 0.1) is 12.7 Å². The quantitative estimate of drug-likeness (QED) is 0.737. The lowest BCUT2D eigenvalue weighted by Crippen LogP contribution is -2.17. The molecule has 0 spiro atoms. The molecule has 0 saturated carbocycles. The van der Waals surface area contributed by atoms with Crippen LogP contribution in [0.4, 0.5) is 0 Å². The summed E-state index contributed by atoms with van der Waals surface area (Å²) in [5, 5.41) is 9.35. The molecule has 0 saturated heterocycles. The van der Waals surface area contributed by atoms with Crippen molar-refractivity contribution in [2.75, 3.05) is 7.11 Å². The Bertz CT molecular complexity index is 382. The van der Waals surface area contributed by atoms with Gasteiger partial charge in [0.2, 0.25) is 6.29 Å². The number of aliphatic hydroxyl groups excluding tert-OH is 1. The highest BCUT2D eigenvalue weighted by molar-refractivity contribution is 5.75. The molecule has 1 aliphatic heterocycles. The molecule has 1 atom stereocenters. The molecule has 2 rings (SSSR count). The van der Waals surface area contributed by atoms with Gasteiger partial charge in [-0.2, -0.15) is 0 Å². The number of aliphatic hydroxyl groups is 1. The number of hydrogen-bond donors (Lipinski definition) is 1. The molecule has 3 nitrogen and oxygen atoms in total. The third kappa shape index (κ3) is 1.36. The Morgan fingerprint density at radius 3 is 2.93 bits per heavy atom. The van der Waals surface area contributed by atoms with Gasteiger partial charge in [-0.15, -0.1) is 0 Å². The highest BCUT2D eigenvalue weighted by atomic mass is 16.6. The zero-order chi connectivity index (χ0) is 10.1. The topological polar surface area (TPSA) is 38.7 Å². The van der Waals surface area contributed by atoms with Gasteiger partial charge in [0.1, 0.15) is 11.5 Å². The summed E-state index contributed by atoms with van der Waals surface area (Å²) in [5.74, 6) is 1.43. The molecular weight excluding hydrogens is 180 g/mol. The molecule has 0 aromatic heterocycles. The third-order valence-corrected chi connectivity index (χ3v) is 2.24. The monoisotopic (exact) mass is 192 g/mol. The molecule has 1 unspecified atom stereocenters. The first-order chi connectivity index (χ1) is 6.72. The van der Waals surface area contributed by atoms with Gasteiger partial charge in [-0.25, -0.2) is 0 Å². The molecule has 74 valence electrons. The van der Waals surface area contributed by atoms with Gasteiger partial charge in [-0.3, -0.25) is 0 Å². The molecule has 1 aromatic carbocycles. The van der Waals surface area contributed by atoms with E-state index in [9.17, 15) is 5.11 Å². The Kier molecular flexibility index (Phi) is 2.17. The van der Waals surface area contributed by atoms with Crippen molar-refractivity contribution in [3.8, 4) is 11.5 Å². The lowest BCUT2D eigenvalue weighted by atomic mass is 10.0. The minimum Gasteiger partial charge on any atom is -0.496 e. The number of rotatable bonds is 1. The minimum absolute atomic E-state index is 0.664. The molecule has 0 aliphatic carbocycles. The molecule has 3 heteroatoms. The van der Waals surface area contributed by atoms with Crippen LogP contribution in [0.2, 0.25) is 0 Å². The maximum absolute atomic E-state index is 9.35. The van der Waals surface area contributed by atoms with Gasteiger partial charge in [0, 0.05) is 0 Å². The largest absolute Gasteiger partial charge is 0.496 e. The molecule has 1 heterocycles. The van der Waals surface area contributed by atoms with Crippen molar-refractivity contribution < 1.29 is 14.6 Å². The Morgan fingerprint density at radius 1 is 1.43 bits per heavy atom. The second-order valence-electron chi connectivity index (χ2n) is 3.19. The fraction of sp³-hybridized carbons (Fsp3) is 0.273. The number of hydrogen-bond acceptors (Lipinski definition) is 3. The fourth-order valence-electron chi connectivity index (χ4n) is 1.63. The second-order valence-corrected chi connectivity index (χ2v) is 3.19. The number of fused-ring (bicyclic) bond motifs is 1. The first kappa shape index (κ1) is 9.09. The second kappa shape index (κ2) is 3.35. The van der Waals surface area contributed by atoms with Crippen LogP contribution >= 0.6 is 0 Å². The Balaban J connectivity index is 2.57. The Labute approximate surface area is 82.6 Å². The van der Waals surface area contributed by atoms with Gasteiger partial charge < -0.3 is 14.6 Å². The number of ether oxygens (including phenoxy) is 2. The summed E-state index contributed by atoms with van der Waals surface area (Å²) >= 11 is 0. The van der Waals surface area contributed by atoms with Crippen LogP contribution in [0.3, 0.4) is 0 Å². The molecule has 14 heavy (non-hydrogen) atoms. The number of benzene rings is 1. The molecule has 1 aromatic rings. The first-order valence-corrected chi connectivity index (χ1v) is 4.43. The number of methoxy groups -OCH3 is 1. The van der Waals surface area contributed by atoms with Crippen LogP contribution in [-0.4, -0.2) is 18.5 Å². The fourth-order valence-corrected chi connectivity index (χ4v) is 1.63. The van der Waals surface area contributed by atoms with Crippen molar-refractivity contribution in [2.24, 2.45) is 0 Å². The van der Waals surface area contributed by atoms with Gasteiger partial charge in [0.25, 0.3) is 0 Å². The lowest BCUT2D eigenvalue weighted by Gasteiger charge is -2.22. The predicted molar refractivity (Wildman–Crippen MR) is 53.3 cm³/mol. The van der Waals surface area contributed by atoms with Gasteiger partial charge >= 0.3 is 0 Å². The smallest absolute Gasteiger partial charge is 0.217 e. The molecule has 0 bridgehead atoms. The van der Waals surface area contributed by atoms with E-state index in [0.717, 1.165) is 16.9 Å². The summed E-state index contributed by atoms with van der Waals surface area (Å²) in [5.41, 5.74) is 1.89. The van der Waals surface area contributed by atoms with E-state index in [4.69, 9.17) is 9.47 Å². The summed E-state index contributed by atoms with van der Waals surface area (Å²) in [6.45, 7) is 1.92. The van der Waals surface area contributed by atoms with Crippen LogP contribution in [0.5, 0.6) is 11.5 Å². The summed E-state index contributed by atoms with van der Waals surface area (Å²) < 4.78 is 10.5. The summed E-state index contributed by atoms with van der Waals surface area (Å²) in [6, 6.07) is 5.53. The van der Waals surface area contributed by atoms with E-state index in [2.05, 4.69) is 0 Å². The lowest BCUT2D eigenvalue weighted by molar-refractivity contribution is 0.0223. The van der Waals surface area contributed by atoms with Crippen LogP contribution in [0.15, 0.2) is 24.3 Å². The average molecular weight is 192 g/mol. The maximum atomic E-state index is 9.35. The maximum Gasteiger partial charge on any atom is 0.217 e. The molecule has 0 fully saturated rings. The van der Waals surface area contributed by atoms with Crippen LogP contribution in [-0.2, 0) is 0 Å². The standard InChI is InChI=1S/C11H12O3/c1-7-6-10(12)14-9-5-3-4-8(13-2)11(7)9/h3-6,10,12H,1-2H3. The Hall–Kier alpha value is -1.48. The van der Waals surface area contributed by atoms with E-state index in [1.54, 1.807) is 13.2 Å². The van der Waals surface area contributed by atoms with Crippen LogP contribution < -0.4 is 9.47 Å². The highest BCUT2D eigenvalue weighted by Gasteiger charge is 2.19. The Morgan fingerprint density at radius 2 is 2.21 bits per heavy atom. The molecular formula is C11H12O3. The van der Waals surface area contributed by atoms with Gasteiger partial charge in [0.15, 0.2) is 0 Å². The van der Waals surface area contributed by atoms with Crippen molar-refractivity contribution in [3.05, 3.63) is 29.8 Å². The van der Waals surface area contributed by atoms with E-state index in [0.29, 0.717) is 5.75 Å². The van der Waals surface area contributed by atoms with Crippen molar-refractivity contribution in [3.63, 3.8) is 0 Å². The van der Waals surface area contributed by atoms with Crippen LogP contribution in [0.25, 0.3) is 5.57 Å². The highest BCUT2D eigenvalue weighted by Crippen LogP contribution is 2.37. The summed E-state index contributed by atoms with van der Waals surface area (Å²) in [6.07, 6.45) is 0.805. The molecule has 0 radical (unpaired) electrons. The van der Waals surface area contributed by atoms with Crippen LogP contribution in [0.1, 0.15) is 12.5 Å². The van der Waals surface area contributed by atoms with E-state index < -0.39 is 6.29 Å². The predicted octanol–water partition coefficient (Wildman–Crippen LogP) is 1.81. The van der Waals surface area contributed by atoms with Crippen molar-refractivity contribution in [1.29, 1.82) is 0 Å². The summed E-state index contributed by atoms with van der Waals surface area (Å²) in [7, 11) is 1.62. The van der Waals surface area contributed by atoms with Crippen molar-refractivity contribution >= 4 is 5.57 Å². The zero-order valence-electron chi connectivity index (χ0n) is 8.15. The molecule has 1 aliphatic rings. The van der Waals surface area contributed by atoms with Crippen molar-refractivity contribution in [2.45, 2.75) is 13.2 Å². The number of allylic oxidation sites excluding steroid dienone is 1. The third-order valence-electron chi connectivity index (χ3n) is 2.24. The van der Waals surface area contributed by atoms with E-state index in [1.807, 2.05) is 25.1 Å². The molecule has 0 amide bonds. The first-order valence-electron chi connectivity index (χ1n) is 4.43. The SMILES string of the molecule is COc1cccc2c1C(C)=CC(O)O2. The van der Waals surface area contributed by atoms with Crippen LogP contribution in [0, 0.1) is 0 Å². The van der Waals surface area contributed by atoms with E-state index >= 15 is 0 Å². The van der Waals surface area contributed by atoms with Crippen molar-refractivity contribution in [1.82, 2.24) is 0 Å². The van der Waals surface area contributed by atoms with E-state index in [1.165, 1.54) is 0 Å². The normalized spacial score (nSPS) is 19.4. The van der Waals surface area contributed by atoms with E-state index in [-0.39, 0.29) is 0 Å². The summed E-state index contributed by atoms with van der Waals surface area (Å²) in [4.78, 5) is 0. The van der Waals surface area contributed by atoms with Gasteiger partial charge in [-0.05, 0) is 30.7 Å². The average Bonchev–Trinajstić information content (AvgIpc) is 2.16. The zero-order valence-corrected chi connectivity index (χ0v) is 8.15. The van der Waals surface area contributed by atoms with Gasteiger partial charge in [-0.1, -0.05) is 6.07 Å². The minimum atomic E-state index is -0.852. The molecule has 1 N–H and O–H groups in total.